The van der Waals surface area contributed by atoms with E-state index in [2.05, 4.69) is 5.32 Å². The summed E-state index contributed by atoms with van der Waals surface area (Å²) in [5.74, 6) is -1.49. The third kappa shape index (κ3) is 5.65. The van der Waals surface area contributed by atoms with Crippen LogP contribution in [0.1, 0.15) is 13.8 Å². The fourth-order valence-electron chi connectivity index (χ4n) is 1.21. The number of nitrogens with one attached hydrogen (secondary N) is 1. The van der Waals surface area contributed by atoms with Crippen molar-refractivity contribution in [3.8, 4) is 0 Å². The van der Waals surface area contributed by atoms with E-state index in [-0.39, 0.29) is 17.2 Å². The second-order valence-electron chi connectivity index (χ2n) is 3.37. The Morgan fingerprint density at radius 3 is 1.55 bits per heavy atom. The predicted octanol–water partition coefficient (Wildman–Crippen LogP) is 4.44. The van der Waals surface area contributed by atoms with Gasteiger partial charge < -0.3 is 11.1 Å². The highest BCUT2D eigenvalue weighted by Gasteiger charge is 2.03. The van der Waals surface area contributed by atoms with Gasteiger partial charge in [0.25, 0.3) is 0 Å². The van der Waals surface area contributed by atoms with Crippen LogP contribution in [0.4, 0.5) is 24.5 Å². The van der Waals surface area contributed by atoms with E-state index in [1.165, 1.54) is 37.4 Å². The number of hydrogen-bond donors (Lipinski definition) is 2. The number of halogens is 3. The first kappa shape index (κ1) is 17.8. The number of rotatable bonds is 1. The Balaban J connectivity index is 0.000000327. The molecule has 0 atom stereocenters. The maximum Gasteiger partial charge on any atom is 0.149 e. The average molecular weight is 284 g/mol. The van der Waals surface area contributed by atoms with E-state index in [9.17, 15) is 13.2 Å². The van der Waals surface area contributed by atoms with Crippen molar-refractivity contribution in [2.24, 2.45) is 0 Å². The van der Waals surface area contributed by atoms with Gasteiger partial charge in [-0.1, -0.05) is 32.0 Å². The van der Waals surface area contributed by atoms with Crippen LogP contribution >= 0.6 is 0 Å². The van der Waals surface area contributed by atoms with Crippen molar-refractivity contribution in [3.63, 3.8) is 0 Å². The Bertz CT molecular complexity index is 475. The van der Waals surface area contributed by atoms with E-state index in [1.807, 2.05) is 13.8 Å². The lowest BCUT2D eigenvalue weighted by atomic mass is 10.3. The molecule has 0 fully saturated rings. The maximum absolute atomic E-state index is 12.5. The Morgan fingerprint density at radius 1 is 0.800 bits per heavy atom. The fourth-order valence-corrected chi connectivity index (χ4v) is 1.21. The van der Waals surface area contributed by atoms with Crippen LogP contribution in [0.15, 0.2) is 42.5 Å². The number of para-hydroxylation sites is 2. The molecule has 2 aromatic rings. The molecule has 2 rings (SSSR count). The van der Waals surface area contributed by atoms with Gasteiger partial charge in [0.15, 0.2) is 0 Å². The monoisotopic (exact) mass is 284 g/mol. The minimum absolute atomic E-state index is 0.0810. The lowest BCUT2D eigenvalue weighted by molar-refractivity contribution is 0.590. The largest absolute Gasteiger partial charge is 0.396 e. The van der Waals surface area contributed by atoms with Crippen LogP contribution < -0.4 is 11.1 Å². The van der Waals surface area contributed by atoms with E-state index >= 15 is 0 Å². The van der Waals surface area contributed by atoms with Gasteiger partial charge in [0.05, 0.1) is 5.69 Å². The Labute approximate surface area is 117 Å². The smallest absolute Gasteiger partial charge is 0.149 e. The molecular weight excluding hydrogens is 265 g/mol. The zero-order chi connectivity index (χ0) is 15.5. The van der Waals surface area contributed by atoms with E-state index in [4.69, 9.17) is 5.73 Å². The van der Waals surface area contributed by atoms with Gasteiger partial charge in [-0.25, -0.2) is 13.2 Å². The van der Waals surface area contributed by atoms with Crippen molar-refractivity contribution in [1.29, 1.82) is 0 Å². The fraction of sp³-hybridized carbons (Fsp3) is 0.200. The minimum atomic E-state index is -0.567. The van der Waals surface area contributed by atoms with Crippen LogP contribution in [0.2, 0.25) is 0 Å². The zero-order valence-corrected chi connectivity index (χ0v) is 11.8. The van der Waals surface area contributed by atoms with Crippen LogP contribution in [0, 0.1) is 17.5 Å². The third-order valence-corrected chi connectivity index (χ3v) is 2.12. The molecule has 0 bridgehead atoms. The lowest BCUT2D eigenvalue weighted by Crippen LogP contribution is -1.95. The van der Waals surface area contributed by atoms with Gasteiger partial charge in [-0.3, -0.25) is 0 Å². The summed E-state index contributed by atoms with van der Waals surface area (Å²) in [6, 6.07) is 9.88. The molecule has 0 aliphatic heterocycles. The van der Waals surface area contributed by atoms with Gasteiger partial charge in [0, 0.05) is 7.05 Å². The zero-order valence-electron chi connectivity index (χ0n) is 11.8. The van der Waals surface area contributed by atoms with Gasteiger partial charge in [0.1, 0.15) is 23.1 Å². The van der Waals surface area contributed by atoms with E-state index < -0.39 is 11.6 Å². The van der Waals surface area contributed by atoms with Crippen molar-refractivity contribution < 1.29 is 13.2 Å². The maximum atomic E-state index is 12.5. The van der Waals surface area contributed by atoms with Gasteiger partial charge in [-0.15, -0.1) is 0 Å². The van der Waals surface area contributed by atoms with Gasteiger partial charge in [-0.05, 0) is 24.3 Å². The van der Waals surface area contributed by atoms with E-state index in [0.717, 1.165) is 0 Å². The SMILES string of the molecule is CC.CNc1c(F)cccc1F.Nc1ccccc1F. The second kappa shape index (κ2) is 9.72. The topological polar surface area (TPSA) is 38.0 Å². The van der Waals surface area contributed by atoms with Crippen LogP contribution in [0.5, 0.6) is 0 Å². The first-order valence-corrected chi connectivity index (χ1v) is 6.18. The van der Waals surface area contributed by atoms with Crippen LogP contribution in [-0.2, 0) is 0 Å². The molecule has 0 aliphatic rings. The Hall–Kier alpha value is -2.17. The quantitative estimate of drug-likeness (QED) is 0.760. The average Bonchev–Trinajstić information content (AvgIpc) is 2.45. The molecule has 3 N–H and O–H groups in total. The highest BCUT2D eigenvalue weighted by Crippen LogP contribution is 2.16. The normalized spacial score (nSPS) is 8.70. The van der Waals surface area contributed by atoms with Gasteiger partial charge in [-0.2, -0.15) is 0 Å². The predicted molar refractivity (Wildman–Crippen MR) is 78.1 cm³/mol. The molecule has 110 valence electrons. The minimum Gasteiger partial charge on any atom is -0.396 e. The van der Waals surface area contributed by atoms with Crippen LogP contribution in [0.25, 0.3) is 0 Å². The van der Waals surface area contributed by atoms with Crippen molar-refractivity contribution in [1.82, 2.24) is 0 Å². The number of hydrogen-bond acceptors (Lipinski definition) is 2. The summed E-state index contributed by atoms with van der Waals surface area (Å²) < 4.78 is 37.3. The number of nitrogens with two attached hydrogens (primary N) is 1. The summed E-state index contributed by atoms with van der Waals surface area (Å²) in [5, 5.41) is 2.41. The van der Waals surface area contributed by atoms with Crippen LogP contribution in [-0.4, -0.2) is 7.05 Å². The van der Waals surface area contributed by atoms with Crippen molar-refractivity contribution >= 4 is 11.4 Å². The molecule has 0 heterocycles. The molecule has 20 heavy (non-hydrogen) atoms. The molecule has 0 unspecified atom stereocenters. The number of benzene rings is 2. The molecule has 0 saturated heterocycles. The first-order chi connectivity index (χ1) is 9.56. The highest BCUT2D eigenvalue weighted by atomic mass is 19.1. The lowest BCUT2D eigenvalue weighted by Gasteiger charge is -2.01. The molecule has 5 heteroatoms. The Morgan fingerprint density at radius 2 is 1.25 bits per heavy atom. The molecule has 2 nitrogen and oxygen atoms in total. The molecule has 0 spiro atoms. The molecule has 0 radical (unpaired) electrons. The third-order valence-electron chi connectivity index (χ3n) is 2.12. The first-order valence-electron chi connectivity index (χ1n) is 6.18. The highest BCUT2D eigenvalue weighted by molar-refractivity contribution is 5.45. The summed E-state index contributed by atoms with van der Waals surface area (Å²) in [4.78, 5) is 0. The van der Waals surface area contributed by atoms with Crippen molar-refractivity contribution in [3.05, 3.63) is 59.9 Å². The van der Waals surface area contributed by atoms with E-state index in [1.54, 1.807) is 12.1 Å². The van der Waals surface area contributed by atoms with Gasteiger partial charge in [0.2, 0.25) is 0 Å². The summed E-state index contributed by atoms with van der Waals surface area (Å²) in [6.45, 7) is 4.00. The van der Waals surface area contributed by atoms with Crippen LogP contribution in [0.3, 0.4) is 0 Å². The summed E-state index contributed by atoms with van der Waals surface area (Å²) in [7, 11) is 1.47. The molecule has 0 amide bonds. The number of nitrogen functional groups attached to an aromatic ring is 1. The van der Waals surface area contributed by atoms with Gasteiger partial charge >= 0.3 is 0 Å². The molecule has 0 aromatic heterocycles. The Kier molecular flexibility index (Phi) is 8.67. The summed E-state index contributed by atoms with van der Waals surface area (Å²) in [5.41, 5.74) is 5.27. The number of anilines is 2. The van der Waals surface area contributed by atoms with Crippen molar-refractivity contribution in [2.45, 2.75) is 13.8 Å². The second-order valence-corrected chi connectivity index (χ2v) is 3.37. The summed E-state index contributed by atoms with van der Waals surface area (Å²) in [6.07, 6.45) is 0. The molecule has 2 aromatic carbocycles. The van der Waals surface area contributed by atoms with Crippen molar-refractivity contribution in [2.75, 3.05) is 18.1 Å². The molecule has 0 saturated carbocycles. The standard InChI is InChI=1S/C7H7F2N.C6H6FN.C2H6/c1-10-7-5(8)3-2-4-6(7)9;7-5-3-1-2-4-6(5)8;1-2/h2-4,10H,1H3;1-4H,8H2;1-2H3. The van der Waals surface area contributed by atoms with E-state index in [0.29, 0.717) is 0 Å². The molecule has 0 aliphatic carbocycles. The molecular formula is C15H19F3N2. The summed E-state index contributed by atoms with van der Waals surface area (Å²) >= 11 is 0.